The van der Waals surface area contributed by atoms with Crippen LogP contribution in [-0.4, -0.2) is 15.6 Å². The van der Waals surface area contributed by atoms with E-state index in [0.29, 0.717) is 10.5 Å². The van der Waals surface area contributed by atoms with Crippen LogP contribution in [0.5, 0.6) is 0 Å². The minimum atomic E-state index is -0.561. The van der Waals surface area contributed by atoms with Crippen molar-refractivity contribution in [3.8, 4) is 0 Å². The van der Waals surface area contributed by atoms with Crippen molar-refractivity contribution >= 4 is 11.8 Å². The molecule has 1 N–H and O–H groups in total. The highest BCUT2D eigenvalue weighted by Crippen LogP contribution is 2.51. The second-order valence-electron chi connectivity index (χ2n) is 5.72. The summed E-state index contributed by atoms with van der Waals surface area (Å²) in [5.41, 5.74) is 3.14. The zero-order valence-corrected chi connectivity index (χ0v) is 11.4. The molecule has 17 heavy (non-hydrogen) atoms. The molecule has 2 unspecified atom stereocenters. The average molecular weight is 248 g/mol. The van der Waals surface area contributed by atoms with Gasteiger partial charge in [0.1, 0.15) is 0 Å². The molecule has 2 aliphatic rings. The normalized spacial score (nSPS) is 36.2. The lowest BCUT2D eigenvalue weighted by molar-refractivity contribution is 0.0190. The standard InChI is InChI=1S/C15H20OS/c1-10-3-6-14(11(2)7-10)15(16)8-12-4-5-13(9-15)17-12/h3,6-7,12-13,16H,4-5,8-9H2,1-2H3. The highest BCUT2D eigenvalue weighted by atomic mass is 32.2. The summed E-state index contributed by atoms with van der Waals surface area (Å²) in [6.45, 7) is 4.24. The molecule has 0 amide bonds. The van der Waals surface area contributed by atoms with Gasteiger partial charge in [0.2, 0.25) is 0 Å². The van der Waals surface area contributed by atoms with Gasteiger partial charge in [-0.2, -0.15) is 11.8 Å². The Labute approximate surface area is 108 Å². The SMILES string of the molecule is Cc1ccc(C2(O)CC3CCC(C2)S3)c(C)c1. The van der Waals surface area contributed by atoms with E-state index in [9.17, 15) is 5.11 Å². The van der Waals surface area contributed by atoms with Crippen molar-refractivity contribution in [2.45, 2.75) is 55.6 Å². The number of fused-ring (bicyclic) bond motifs is 2. The van der Waals surface area contributed by atoms with Crippen molar-refractivity contribution in [2.75, 3.05) is 0 Å². The minimum Gasteiger partial charge on any atom is -0.385 e. The van der Waals surface area contributed by atoms with Gasteiger partial charge in [0.25, 0.3) is 0 Å². The smallest absolute Gasteiger partial charge is 0.0920 e. The first-order valence-electron chi connectivity index (χ1n) is 6.52. The van der Waals surface area contributed by atoms with Gasteiger partial charge in [0, 0.05) is 10.5 Å². The molecule has 2 atom stereocenters. The third-order valence-electron chi connectivity index (χ3n) is 4.21. The van der Waals surface area contributed by atoms with E-state index in [4.69, 9.17) is 0 Å². The van der Waals surface area contributed by atoms with Gasteiger partial charge in [-0.05, 0) is 50.7 Å². The maximum atomic E-state index is 11.0. The summed E-state index contributed by atoms with van der Waals surface area (Å²) in [6, 6.07) is 6.46. The maximum absolute atomic E-state index is 11.0. The monoisotopic (exact) mass is 248 g/mol. The van der Waals surface area contributed by atoms with Crippen molar-refractivity contribution < 1.29 is 5.11 Å². The van der Waals surface area contributed by atoms with E-state index < -0.39 is 5.60 Å². The van der Waals surface area contributed by atoms with Gasteiger partial charge in [0.15, 0.2) is 0 Å². The predicted molar refractivity (Wildman–Crippen MR) is 73.4 cm³/mol. The van der Waals surface area contributed by atoms with Crippen molar-refractivity contribution in [2.24, 2.45) is 0 Å². The fraction of sp³-hybridized carbons (Fsp3) is 0.600. The first kappa shape index (κ1) is 11.6. The van der Waals surface area contributed by atoms with Crippen molar-refractivity contribution in [3.05, 3.63) is 34.9 Å². The summed E-state index contributed by atoms with van der Waals surface area (Å²) in [5.74, 6) is 0. The summed E-state index contributed by atoms with van der Waals surface area (Å²) >= 11 is 2.10. The number of aliphatic hydroxyl groups is 1. The summed E-state index contributed by atoms with van der Waals surface area (Å²) in [5, 5.41) is 12.3. The van der Waals surface area contributed by atoms with Crippen molar-refractivity contribution in [1.82, 2.24) is 0 Å². The molecule has 3 rings (SSSR count). The molecule has 0 radical (unpaired) electrons. The minimum absolute atomic E-state index is 0.561. The molecule has 2 saturated heterocycles. The molecule has 0 saturated carbocycles. The molecule has 0 aromatic heterocycles. The molecule has 2 bridgehead atoms. The summed E-state index contributed by atoms with van der Waals surface area (Å²) in [7, 11) is 0. The van der Waals surface area contributed by atoms with E-state index in [1.54, 1.807) is 0 Å². The van der Waals surface area contributed by atoms with Gasteiger partial charge in [0.05, 0.1) is 5.60 Å². The first-order chi connectivity index (χ1) is 8.07. The number of benzene rings is 1. The second-order valence-corrected chi connectivity index (χ2v) is 7.32. The summed E-state index contributed by atoms with van der Waals surface area (Å²) in [6.07, 6.45) is 4.47. The first-order valence-corrected chi connectivity index (χ1v) is 7.47. The molecule has 92 valence electrons. The quantitative estimate of drug-likeness (QED) is 0.820. The third-order valence-corrected chi connectivity index (χ3v) is 5.78. The van der Waals surface area contributed by atoms with Crippen molar-refractivity contribution in [1.29, 1.82) is 0 Å². The molecule has 2 fully saturated rings. The number of aryl methyl sites for hydroxylation is 2. The van der Waals surface area contributed by atoms with Crippen LogP contribution in [0.2, 0.25) is 0 Å². The fourth-order valence-electron chi connectivity index (χ4n) is 3.47. The Kier molecular flexibility index (Phi) is 2.75. The van der Waals surface area contributed by atoms with Crippen LogP contribution in [0, 0.1) is 13.8 Å². The topological polar surface area (TPSA) is 20.2 Å². The van der Waals surface area contributed by atoms with Crippen LogP contribution in [0.25, 0.3) is 0 Å². The fourth-order valence-corrected chi connectivity index (χ4v) is 5.31. The molecule has 2 aliphatic heterocycles. The number of hydrogen-bond acceptors (Lipinski definition) is 2. The van der Waals surface area contributed by atoms with Gasteiger partial charge in [-0.3, -0.25) is 0 Å². The largest absolute Gasteiger partial charge is 0.385 e. The van der Waals surface area contributed by atoms with Gasteiger partial charge in [-0.15, -0.1) is 0 Å². The zero-order chi connectivity index (χ0) is 12.0. The molecule has 1 aromatic rings. The lowest BCUT2D eigenvalue weighted by Gasteiger charge is -2.37. The van der Waals surface area contributed by atoms with E-state index in [-0.39, 0.29) is 0 Å². The van der Waals surface area contributed by atoms with Crippen LogP contribution >= 0.6 is 11.8 Å². The molecule has 1 aromatic carbocycles. The Morgan fingerprint density at radius 1 is 1.18 bits per heavy atom. The third kappa shape index (κ3) is 2.02. The molecular formula is C15H20OS. The van der Waals surface area contributed by atoms with Gasteiger partial charge < -0.3 is 5.11 Å². The van der Waals surface area contributed by atoms with Crippen LogP contribution in [0.3, 0.4) is 0 Å². The summed E-state index contributed by atoms with van der Waals surface area (Å²) < 4.78 is 0. The zero-order valence-electron chi connectivity index (χ0n) is 10.6. The predicted octanol–water partition coefficient (Wildman–Crippen LogP) is 3.55. The molecule has 2 heterocycles. The molecule has 0 spiro atoms. The second kappa shape index (κ2) is 4.03. The van der Waals surface area contributed by atoms with Crippen LogP contribution < -0.4 is 0 Å². The van der Waals surface area contributed by atoms with Gasteiger partial charge >= 0.3 is 0 Å². The van der Waals surface area contributed by atoms with Gasteiger partial charge in [-0.25, -0.2) is 0 Å². The van der Waals surface area contributed by atoms with E-state index in [0.717, 1.165) is 12.8 Å². The van der Waals surface area contributed by atoms with Crippen molar-refractivity contribution in [3.63, 3.8) is 0 Å². The van der Waals surface area contributed by atoms with Crippen LogP contribution in [0.4, 0.5) is 0 Å². The highest BCUT2D eigenvalue weighted by molar-refractivity contribution is 8.00. The Balaban J connectivity index is 1.97. The number of rotatable bonds is 1. The van der Waals surface area contributed by atoms with Crippen LogP contribution in [-0.2, 0) is 5.60 Å². The molecule has 1 nitrogen and oxygen atoms in total. The molecule has 2 heteroatoms. The van der Waals surface area contributed by atoms with Gasteiger partial charge in [-0.1, -0.05) is 23.8 Å². The summed E-state index contributed by atoms with van der Waals surface area (Å²) in [4.78, 5) is 0. The van der Waals surface area contributed by atoms with Crippen LogP contribution in [0.1, 0.15) is 42.4 Å². The Hall–Kier alpha value is -0.470. The Morgan fingerprint density at radius 3 is 2.41 bits per heavy atom. The average Bonchev–Trinajstić information content (AvgIpc) is 2.58. The lowest BCUT2D eigenvalue weighted by atomic mass is 9.83. The van der Waals surface area contributed by atoms with E-state index in [1.807, 2.05) is 0 Å². The number of thioether (sulfide) groups is 1. The van der Waals surface area contributed by atoms with E-state index >= 15 is 0 Å². The van der Waals surface area contributed by atoms with Crippen LogP contribution in [0.15, 0.2) is 18.2 Å². The lowest BCUT2D eigenvalue weighted by Crippen LogP contribution is -2.35. The van der Waals surface area contributed by atoms with E-state index in [1.165, 1.54) is 29.5 Å². The Bertz CT molecular complexity index is 429. The molecular weight excluding hydrogens is 228 g/mol. The Morgan fingerprint density at radius 2 is 1.82 bits per heavy atom. The number of hydrogen-bond donors (Lipinski definition) is 1. The molecule has 0 aliphatic carbocycles. The highest BCUT2D eigenvalue weighted by Gasteiger charge is 2.44. The maximum Gasteiger partial charge on any atom is 0.0920 e. The van der Waals surface area contributed by atoms with E-state index in [2.05, 4.69) is 43.8 Å².